The summed E-state index contributed by atoms with van der Waals surface area (Å²) in [6.07, 6.45) is 3.08. The van der Waals surface area contributed by atoms with E-state index in [0.717, 1.165) is 24.1 Å². The average molecular weight is 488 g/mol. The van der Waals surface area contributed by atoms with Crippen LogP contribution in [-0.2, 0) is 29.1 Å². The second-order valence-electron chi connectivity index (χ2n) is 9.72. The fourth-order valence-corrected chi connectivity index (χ4v) is 4.95. The number of aromatic nitrogens is 3. The van der Waals surface area contributed by atoms with Crippen LogP contribution in [0.3, 0.4) is 0 Å². The van der Waals surface area contributed by atoms with Gasteiger partial charge in [-0.25, -0.2) is 4.68 Å². The molecule has 2 aliphatic rings. The van der Waals surface area contributed by atoms with Crippen molar-refractivity contribution in [1.29, 1.82) is 0 Å². The lowest BCUT2D eigenvalue weighted by molar-refractivity contribution is -0.126. The summed E-state index contributed by atoms with van der Waals surface area (Å²) >= 11 is 0. The smallest absolute Gasteiger partial charge is 0.276 e. The fourth-order valence-electron chi connectivity index (χ4n) is 4.95. The fraction of sp³-hybridized carbons (Fsp3) is 0.429. The van der Waals surface area contributed by atoms with Crippen LogP contribution in [0.25, 0.3) is 0 Å². The zero-order valence-corrected chi connectivity index (χ0v) is 20.7. The van der Waals surface area contributed by atoms with Gasteiger partial charge in [-0.2, -0.15) is 0 Å². The number of fused-ring (bicyclic) bond motifs is 1. The molecule has 0 saturated carbocycles. The molecule has 188 valence electrons. The predicted octanol–water partition coefficient (Wildman–Crippen LogP) is 3.46. The molecule has 1 fully saturated rings. The van der Waals surface area contributed by atoms with Gasteiger partial charge in [0.2, 0.25) is 5.91 Å². The van der Waals surface area contributed by atoms with Crippen molar-refractivity contribution in [3.8, 4) is 0 Å². The van der Waals surface area contributed by atoms with Gasteiger partial charge in [0.15, 0.2) is 5.69 Å². The Hall–Kier alpha value is -3.52. The van der Waals surface area contributed by atoms with E-state index in [1.165, 1.54) is 11.1 Å². The van der Waals surface area contributed by atoms with Crippen molar-refractivity contribution in [2.24, 2.45) is 5.92 Å². The third-order valence-electron chi connectivity index (χ3n) is 7.19. The van der Waals surface area contributed by atoms with Gasteiger partial charge in [-0.1, -0.05) is 65.4 Å². The lowest BCUT2D eigenvalue weighted by Crippen LogP contribution is -2.43. The molecule has 1 aromatic heterocycles. The molecule has 1 unspecified atom stereocenters. The maximum Gasteiger partial charge on any atom is 0.276 e. The van der Waals surface area contributed by atoms with Crippen LogP contribution in [0.5, 0.6) is 0 Å². The first-order valence-electron chi connectivity index (χ1n) is 12.8. The Bertz CT molecular complexity index is 1180. The van der Waals surface area contributed by atoms with E-state index >= 15 is 0 Å². The van der Waals surface area contributed by atoms with Crippen LogP contribution in [0.2, 0.25) is 0 Å². The molecule has 0 spiro atoms. The van der Waals surface area contributed by atoms with E-state index < -0.39 is 0 Å². The Kier molecular flexibility index (Phi) is 7.41. The third kappa shape index (κ3) is 5.49. The Labute approximate surface area is 211 Å². The first kappa shape index (κ1) is 24.2. The van der Waals surface area contributed by atoms with E-state index in [0.29, 0.717) is 51.3 Å². The molecule has 3 aromatic rings. The van der Waals surface area contributed by atoms with Gasteiger partial charge in [-0.05, 0) is 43.7 Å². The number of likely N-dealkylation sites (tertiary alicyclic amines) is 1. The first-order chi connectivity index (χ1) is 17.6. The van der Waals surface area contributed by atoms with E-state index in [9.17, 15) is 9.59 Å². The molecule has 1 atom stereocenters. The van der Waals surface area contributed by atoms with Crippen molar-refractivity contribution >= 4 is 11.8 Å². The van der Waals surface area contributed by atoms with Crippen LogP contribution in [-0.4, -0.2) is 51.3 Å². The molecule has 5 rings (SSSR count). The molecule has 0 bridgehead atoms. The molecule has 36 heavy (non-hydrogen) atoms. The summed E-state index contributed by atoms with van der Waals surface area (Å²) < 4.78 is 7.85. The molecule has 0 aliphatic carbocycles. The van der Waals surface area contributed by atoms with Crippen LogP contribution in [0.15, 0.2) is 54.6 Å². The minimum Gasteiger partial charge on any atom is -0.365 e. The highest BCUT2D eigenvalue weighted by Gasteiger charge is 2.33. The quantitative estimate of drug-likeness (QED) is 0.516. The number of rotatable bonds is 7. The highest BCUT2D eigenvalue weighted by atomic mass is 16.5. The first-order valence-corrected chi connectivity index (χ1v) is 12.8. The van der Waals surface area contributed by atoms with E-state index in [1.807, 2.05) is 18.2 Å². The van der Waals surface area contributed by atoms with Crippen molar-refractivity contribution in [2.75, 3.05) is 19.6 Å². The Morgan fingerprint density at radius 2 is 1.81 bits per heavy atom. The van der Waals surface area contributed by atoms with Gasteiger partial charge >= 0.3 is 0 Å². The maximum absolute atomic E-state index is 13.2. The Morgan fingerprint density at radius 3 is 2.56 bits per heavy atom. The summed E-state index contributed by atoms with van der Waals surface area (Å²) in [5.41, 5.74) is 4.66. The summed E-state index contributed by atoms with van der Waals surface area (Å²) in [6, 6.07) is 18.6. The topological polar surface area (TPSA) is 89.4 Å². The van der Waals surface area contributed by atoms with Crippen molar-refractivity contribution < 1.29 is 14.3 Å². The Balaban J connectivity index is 1.10. The number of nitrogens with one attached hydrogen (secondary N) is 1. The number of piperidine rings is 1. The number of amides is 2. The number of carbonyl (C=O) groups excluding carboxylic acids is 2. The summed E-state index contributed by atoms with van der Waals surface area (Å²) in [7, 11) is 0. The zero-order valence-electron chi connectivity index (χ0n) is 20.7. The highest BCUT2D eigenvalue weighted by molar-refractivity contribution is 5.93. The predicted molar refractivity (Wildman–Crippen MR) is 135 cm³/mol. The van der Waals surface area contributed by atoms with E-state index in [-0.39, 0.29) is 23.8 Å². The second kappa shape index (κ2) is 11.0. The highest BCUT2D eigenvalue weighted by Crippen LogP contribution is 2.28. The number of nitrogens with zero attached hydrogens (tertiary/aromatic N) is 4. The van der Waals surface area contributed by atoms with Gasteiger partial charge in [-0.3, -0.25) is 9.59 Å². The van der Waals surface area contributed by atoms with E-state index in [4.69, 9.17) is 4.74 Å². The molecule has 2 aliphatic heterocycles. The minimum absolute atomic E-state index is 0.0570. The largest absolute Gasteiger partial charge is 0.365 e. The lowest BCUT2D eigenvalue weighted by atomic mass is 9.95. The van der Waals surface area contributed by atoms with Crippen LogP contribution in [0, 0.1) is 12.8 Å². The number of ether oxygens (including phenoxy) is 1. The number of benzene rings is 2. The molecular formula is C28H33N5O3. The van der Waals surface area contributed by atoms with Crippen LogP contribution in [0.4, 0.5) is 0 Å². The van der Waals surface area contributed by atoms with Crippen molar-refractivity contribution in [2.45, 2.75) is 51.9 Å². The standard InChI is InChI=1S/C28H33N5O3/c1-20-9-11-22(12-10-20)25-18-33-24(19-36-25)26(30-31-33)28(35)32-16-13-23(14-17-32)27(34)29-15-5-8-21-6-3-2-4-7-21/h2-4,6-7,9-12,23,25H,5,8,13-19H2,1H3,(H,29,34). The third-order valence-corrected chi connectivity index (χ3v) is 7.19. The van der Waals surface area contributed by atoms with Crippen LogP contribution < -0.4 is 5.32 Å². The summed E-state index contributed by atoms with van der Waals surface area (Å²) in [5.74, 6) is -0.0967. The monoisotopic (exact) mass is 487 g/mol. The van der Waals surface area contributed by atoms with Crippen molar-refractivity contribution in [3.63, 3.8) is 0 Å². The van der Waals surface area contributed by atoms with Crippen molar-refractivity contribution in [3.05, 3.63) is 82.7 Å². The number of aryl methyl sites for hydroxylation is 2. The molecule has 1 N–H and O–H groups in total. The molecule has 3 heterocycles. The molecule has 2 aromatic carbocycles. The molecule has 8 heteroatoms. The summed E-state index contributed by atoms with van der Waals surface area (Å²) in [4.78, 5) is 27.6. The van der Waals surface area contributed by atoms with Gasteiger partial charge in [-0.15, -0.1) is 5.10 Å². The summed E-state index contributed by atoms with van der Waals surface area (Å²) in [6.45, 7) is 4.64. The lowest BCUT2D eigenvalue weighted by Gasteiger charge is -2.31. The van der Waals surface area contributed by atoms with Gasteiger partial charge in [0.25, 0.3) is 5.91 Å². The SMILES string of the molecule is Cc1ccc(C2Cn3nnc(C(=O)N4CCC(C(=O)NCCCc5ccccc5)CC4)c3CO2)cc1. The Morgan fingerprint density at radius 1 is 1.06 bits per heavy atom. The molecule has 2 amide bonds. The molecular weight excluding hydrogens is 454 g/mol. The van der Waals surface area contributed by atoms with Gasteiger partial charge in [0.1, 0.15) is 6.10 Å². The maximum atomic E-state index is 13.2. The molecule has 1 saturated heterocycles. The van der Waals surface area contributed by atoms with Crippen molar-refractivity contribution in [1.82, 2.24) is 25.2 Å². The van der Waals surface area contributed by atoms with Gasteiger partial charge in [0, 0.05) is 25.6 Å². The van der Waals surface area contributed by atoms with Gasteiger partial charge < -0.3 is 15.0 Å². The zero-order chi connectivity index (χ0) is 24.9. The van der Waals surface area contributed by atoms with Crippen LogP contribution in [0.1, 0.15) is 58.2 Å². The molecule has 8 nitrogen and oxygen atoms in total. The second-order valence-corrected chi connectivity index (χ2v) is 9.72. The van der Waals surface area contributed by atoms with Gasteiger partial charge in [0.05, 0.1) is 18.8 Å². The number of hydrogen-bond acceptors (Lipinski definition) is 5. The van der Waals surface area contributed by atoms with E-state index in [2.05, 4.69) is 59.0 Å². The average Bonchev–Trinajstić information content (AvgIpc) is 3.35. The molecule has 0 radical (unpaired) electrons. The van der Waals surface area contributed by atoms with Crippen LogP contribution >= 0.6 is 0 Å². The van der Waals surface area contributed by atoms with E-state index in [1.54, 1.807) is 9.58 Å². The normalized spacial score (nSPS) is 18.0. The summed E-state index contributed by atoms with van der Waals surface area (Å²) in [5, 5.41) is 11.5. The number of hydrogen-bond donors (Lipinski definition) is 1. The minimum atomic E-state index is -0.129. The number of carbonyl (C=O) groups is 2.